The fourth-order valence-electron chi connectivity index (χ4n) is 2.59. The Morgan fingerprint density at radius 2 is 2.04 bits per heavy atom. The van der Waals surface area contributed by atoms with E-state index in [1.54, 1.807) is 37.1 Å². The predicted octanol–water partition coefficient (Wildman–Crippen LogP) is 3.30. The van der Waals surface area contributed by atoms with Crippen LogP contribution in [0.25, 0.3) is 0 Å². The molecule has 0 spiro atoms. The zero-order chi connectivity index (χ0) is 16.2. The van der Waals surface area contributed by atoms with Crippen molar-refractivity contribution >= 4 is 23.5 Å². The van der Waals surface area contributed by atoms with Gasteiger partial charge in [-0.25, -0.2) is 0 Å². The summed E-state index contributed by atoms with van der Waals surface area (Å²) in [5.74, 6) is 1.41. The number of hydrogen-bond acceptors (Lipinski definition) is 4. The highest BCUT2D eigenvalue weighted by Gasteiger charge is 2.23. The molecule has 0 saturated carbocycles. The molecule has 0 aromatic heterocycles. The van der Waals surface area contributed by atoms with Crippen molar-refractivity contribution in [3.63, 3.8) is 0 Å². The van der Waals surface area contributed by atoms with Crippen LogP contribution >= 0.6 is 11.8 Å². The molecule has 0 radical (unpaired) electrons. The number of hydrogen-bond donors (Lipinski definition) is 1. The van der Waals surface area contributed by atoms with Gasteiger partial charge in [0.15, 0.2) is 5.78 Å². The zero-order valence-electron chi connectivity index (χ0n) is 12.8. The van der Waals surface area contributed by atoms with E-state index in [0.29, 0.717) is 24.1 Å². The van der Waals surface area contributed by atoms with E-state index in [0.717, 1.165) is 22.0 Å². The summed E-state index contributed by atoms with van der Waals surface area (Å²) >= 11 is 1.57. The van der Waals surface area contributed by atoms with Crippen molar-refractivity contribution in [2.75, 3.05) is 12.9 Å². The van der Waals surface area contributed by atoms with Crippen LogP contribution in [0.4, 0.5) is 0 Å². The largest absolute Gasteiger partial charge is 0.496 e. The Morgan fingerprint density at radius 1 is 1.22 bits per heavy atom. The van der Waals surface area contributed by atoms with Gasteiger partial charge < -0.3 is 10.1 Å². The minimum Gasteiger partial charge on any atom is -0.496 e. The lowest BCUT2D eigenvalue weighted by Gasteiger charge is -2.17. The average molecular weight is 327 g/mol. The second-order valence-electron chi connectivity index (χ2n) is 5.20. The highest BCUT2D eigenvalue weighted by atomic mass is 32.2. The summed E-state index contributed by atoms with van der Waals surface area (Å²) in [5.41, 5.74) is 2.14. The van der Waals surface area contributed by atoms with Crippen LogP contribution in [-0.4, -0.2) is 24.6 Å². The summed E-state index contributed by atoms with van der Waals surface area (Å²) in [6, 6.07) is 12.9. The van der Waals surface area contributed by atoms with Crippen LogP contribution < -0.4 is 10.1 Å². The van der Waals surface area contributed by atoms with Gasteiger partial charge in [0.05, 0.1) is 12.7 Å². The molecule has 2 aromatic carbocycles. The average Bonchev–Trinajstić information content (AvgIpc) is 2.60. The molecule has 4 nitrogen and oxygen atoms in total. The van der Waals surface area contributed by atoms with Gasteiger partial charge in [-0.15, -0.1) is 11.8 Å². The monoisotopic (exact) mass is 327 g/mol. The summed E-state index contributed by atoms with van der Waals surface area (Å²) < 4.78 is 5.29. The van der Waals surface area contributed by atoms with Gasteiger partial charge in [0.1, 0.15) is 5.75 Å². The van der Waals surface area contributed by atoms with Crippen LogP contribution in [0.1, 0.15) is 32.7 Å². The van der Waals surface area contributed by atoms with Crippen molar-refractivity contribution < 1.29 is 14.3 Å². The van der Waals surface area contributed by atoms with E-state index in [1.165, 1.54) is 0 Å². The van der Waals surface area contributed by atoms with Crippen molar-refractivity contribution in [3.05, 3.63) is 59.2 Å². The Labute approximate surface area is 139 Å². The molecule has 1 aliphatic heterocycles. The first kappa shape index (κ1) is 15.6. The molecule has 1 heterocycles. The van der Waals surface area contributed by atoms with Gasteiger partial charge in [0.25, 0.3) is 5.91 Å². The van der Waals surface area contributed by atoms with Crippen LogP contribution in [0.15, 0.2) is 47.4 Å². The van der Waals surface area contributed by atoms with Crippen LogP contribution in [0.2, 0.25) is 0 Å². The van der Waals surface area contributed by atoms with Crippen molar-refractivity contribution in [2.45, 2.75) is 17.9 Å². The molecule has 1 aliphatic rings. The maximum atomic E-state index is 12.5. The Kier molecular flexibility index (Phi) is 4.67. The first-order valence-electron chi connectivity index (χ1n) is 7.40. The molecular weight excluding hydrogens is 310 g/mol. The standard InChI is InChI=1S/C18H17NO3S/c1-22-16-8-3-2-5-12(16)11-19-18(21)14-7-4-6-13-15(20)9-10-23-17(13)14/h2-8H,9-11H2,1H3,(H,19,21). The van der Waals surface area contributed by atoms with E-state index in [4.69, 9.17) is 4.74 Å². The Bertz CT molecular complexity index is 758. The molecule has 0 bridgehead atoms. The maximum Gasteiger partial charge on any atom is 0.252 e. The number of ether oxygens (including phenoxy) is 1. The first-order valence-corrected chi connectivity index (χ1v) is 8.38. The molecule has 3 rings (SSSR count). The molecule has 118 valence electrons. The van der Waals surface area contributed by atoms with E-state index in [2.05, 4.69) is 5.32 Å². The minimum absolute atomic E-state index is 0.109. The van der Waals surface area contributed by atoms with Crippen LogP contribution in [0, 0.1) is 0 Å². The van der Waals surface area contributed by atoms with Gasteiger partial charge in [0, 0.05) is 34.7 Å². The quantitative estimate of drug-likeness (QED) is 0.936. The van der Waals surface area contributed by atoms with Gasteiger partial charge >= 0.3 is 0 Å². The number of fused-ring (bicyclic) bond motifs is 1. The van der Waals surface area contributed by atoms with Crippen LogP contribution in [0.3, 0.4) is 0 Å². The van der Waals surface area contributed by atoms with Gasteiger partial charge in [-0.05, 0) is 12.1 Å². The number of ketones is 1. The minimum atomic E-state index is -0.171. The molecule has 0 unspecified atom stereocenters. The van der Waals surface area contributed by atoms with E-state index < -0.39 is 0 Å². The fourth-order valence-corrected chi connectivity index (χ4v) is 3.74. The van der Waals surface area contributed by atoms with Crippen molar-refractivity contribution in [1.29, 1.82) is 0 Å². The highest BCUT2D eigenvalue weighted by molar-refractivity contribution is 7.99. The molecule has 0 aliphatic carbocycles. The van der Waals surface area contributed by atoms with E-state index in [1.807, 2.05) is 24.3 Å². The summed E-state index contributed by atoms with van der Waals surface area (Å²) in [6.07, 6.45) is 0.532. The van der Waals surface area contributed by atoms with Gasteiger partial charge in [0.2, 0.25) is 0 Å². The van der Waals surface area contributed by atoms with Gasteiger partial charge in [-0.3, -0.25) is 9.59 Å². The third-order valence-corrected chi connectivity index (χ3v) is 4.90. The van der Waals surface area contributed by atoms with Crippen molar-refractivity contribution in [3.8, 4) is 5.75 Å². The van der Waals surface area contributed by atoms with Crippen molar-refractivity contribution in [1.82, 2.24) is 5.32 Å². The summed E-state index contributed by atoms with van der Waals surface area (Å²) in [4.78, 5) is 25.3. The number of carbonyl (C=O) groups is 2. The lowest BCUT2D eigenvalue weighted by atomic mass is 10.0. The van der Waals surface area contributed by atoms with Crippen LogP contribution in [0.5, 0.6) is 5.75 Å². The normalized spacial score (nSPS) is 13.3. The maximum absolute atomic E-state index is 12.5. The lowest BCUT2D eigenvalue weighted by molar-refractivity contribution is 0.0947. The second kappa shape index (κ2) is 6.87. The third-order valence-electron chi connectivity index (χ3n) is 3.77. The molecule has 0 atom stereocenters. The number of Topliss-reactive ketones (excluding diaryl/α,β-unsaturated/α-hetero) is 1. The number of amides is 1. The molecule has 5 heteroatoms. The zero-order valence-corrected chi connectivity index (χ0v) is 13.6. The number of carbonyl (C=O) groups excluding carboxylic acids is 2. The predicted molar refractivity (Wildman–Crippen MR) is 90.3 cm³/mol. The number of methoxy groups -OCH3 is 1. The number of thioether (sulfide) groups is 1. The summed E-state index contributed by atoms with van der Waals surface area (Å²) in [5, 5.41) is 2.91. The molecule has 0 saturated heterocycles. The summed E-state index contributed by atoms with van der Waals surface area (Å²) in [6.45, 7) is 0.380. The third kappa shape index (κ3) is 3.24. The van der Waals surface area contributed by atoms with Crippen molar-refractivity contribution in [2.24, 2.45) is 0 Å². The summed E-state index contributed by atoms with van der Waals surface area (Å²) in [7, 11) is 1.61. The number of rotatable bonds is 4. The molecule has 1 amide bonds. The van der Waals surface area contributed by atoms with E-state index in [-0.39, 0.29) is 11.7 Å². The number of nitrogens with one attached hydrogen (secondary N) is 1. The topological polar surface area (TPSA) is 55.4 Å². The first-order chi connectivity index (χ1) is 11.2. The lowest BCUT2D eigenvalue weighted by Crippen LogP contribution is -2.25. The molecule has 0 fully saturated rings. The molecular formula is C18H17NO3S. The van der Waals surface area contributed by atoms with Crippen LogP contribution in [-0.2, 0) is 6.54 Å². The Hall–Kier alpha value is -2.27. The highest BCUT2D eigenvalue weighted by Crippen LogP contribution is 2.33. The SMILES string of the molecule is COc1ccccc1CNC(=O)c1cccc2c1SCCC2=O. The fraction of sp³-hybridized carbons (Fsp3) is 0.222. The molecule has 1 N–H and O–H groups in total. The van der Waals surface area contributed by atoms with E-state index in [9.17, 15) is 9.59 Å². The number of para-hydroxylation sites is 1. The Balaban J connectivity index is 1.79. The Morgan fingerprint density at radius 3 is 2.87 bits per heavy atom. The molecule has 23 heavy (non-hydrogen) atoms. The molecule has 2 aromatic rings. The number of benzene rings is 2. The smallest absolute Gasteiger partial charge is 0.252 e. The van der Waals surface area contributed by atoms with E-state index >= 15 is 0 Å². The van der Waals surface area contributed by atoms with Gasteiger partial charge in [-0.1, -0.05) is 30.3 Å². The second-order valence-corrected chi connectivity index (χ2v) is 6.30. The van der Waals surface area contributed by atoms with Gasteiger partial charge in [-0.2, -0.15) is 0 Å².